The van der Waals surface area contributed by atoms with Gasteiger partial charge >= 0.3 is 0 Å². The Morgan fingerprint density at radius 1 is 0.533 bits per heavy atom. The van der Waals surface area contributed by atoms with Crippen LogP contribution in [0.1, 0.15) is 0 Å². The Kier molecular flexibility index (Phi) is 5.11. The Labute approximate surface area is 190 Å². The van der Waals surface area contributed by atoms with E-state index in [1.807, 2.05) is 72.8 Å². The van der Waals surface area contributed by atoms with E-state index in [4.69, 9.17) is 15.0 Å². The molecule has 0 amide bonds. The molecule has 0 radical (unpaired) electrons. The van der Waals surface area contributed by atoms with Crippen molar-refractivity contribution in [3.63, 3.8) is 0 Å². The van der Waals surface area contributed by atoms with Crippen molar-refractivity contribution in [2.24, 2.45) is 0 Å². The minimum absolute atomic E-state index is 0.618. The van der Waals surface area contributed by atoms with E-state index in [1.165, 1.54) is 0 Å². The van der Waals surface area contributed by atoms with Crippen LogP contribution in [0.3, 0.4) is 0 Å². The van der Waals surface area contributed by atoms with Crippen LogP contribution in [-0.4, -0.2) is 19.9 Å². The molecule has 0 saturated carbocycles. The SMILES string of the molecule is Brc1cc(Br)cc(-c2nc(-c3ccccc3)nc(-c3ccc4ncccc4c3)n2)c1. The number of pyridine rings is 1. The van der Waals surface area contributed by atoms with Crippen LogP contribution in [0.25, 0.3) is 45.1 Å². The molecule has 0 aliphatic heterocycles. The fraction of sp³-hybridized carbons (Fsp3) is 0. The summed E-state index contributed by atoms with van der Waals surface area (Å²) in [5, 5.41) is 1.04. The number of hydrogen-bond donors (Lipinski definition) is 0. The Morgan fingerprint density at radius 2 is 1.20 bits per heavy atom. The average molecular weight is 518 g/mol. The number of benzene rings is 3. The lowest BCUT2D eigenvalue weighted by molar-refractivity contribution is 1.07. The maximum absolute atomic E-state index is 4.80. The molecule has 0 saturated heterocycles. The van der Waals surface area contributed by atoms with E-state index in [-0.39, 0.29) is 0 Å². The zero-order valence-electron chi connectivity index (χ0n) is 15.6. The number of halogens is 2. The van der Waals surface area contributed by atoms with E-state index in [0.29, 0.717) is 17.5 Å². The molecule has 144 valence electrons. The third-order valence-electron chi connectivity index (χ3n) is 4.65. The second kappa shape index (κ2) is 8.05. The van der Waals surface area contributed by atoms with Crippen molar-refractivity contribution < 1.29 is 0 Å². The van der Waals surface area contributed by atoms with Crippen molar-refractivity contribution in [1.29, 1.82) is 0 Å². The zero-order valence-corrected chi connectivity index (χ0v) is 18.8. The van der Waals surface area contributed by atoms with Crippen LogP contribution in [0.5, 0.6) is 0 Å². The normalized spacial score (nSPS) is 11.0. The van der Waals surface area contributed by atoms with Crippen molar-refractivity contribution in [1.82, 2.24) is 19.9 Å². The molecule has 0 atom stereocenters. The topological polar surface area (TPSA) is 51.6 Å². The largest absolute Gasteiger partial charge is 0.256 e. The summed E-state index contributed by atoms with van der Waals surface area (Å²) in [6.07, 6.45) is 1.79. The van der Waals surface area contributed by atoms with Crippen LogP contribution in [0.15, 0.2) is 94.0 Å². The third kappa shape index (κ3) is 3.88. The smallest absolute Gasteiger partial charge is 0.164 e. The summed E-state index contributed by atoms with van der Waals surface area (Å²) in [5.74, 6) is 1.88. The first-order chi connectivity index (χ1) is 14.7. The van der Waals surface area contributed by atoms with Gasteiger partial charge in [0.2, 0.25) is 0 Å². The van der Waals surface area contributed by atoms with Crippen molar-refractivity contribution >= 4 is 42.8 Å². The van der Waals surface area contributed by atoms with E-state index < -0.39 is 0 Å². The van der Waals surface area contributed by atoms with Crippen molar-refractivity contribution in [2.45, 2.75) is 0 Å². The second-order valence-corrected chi connectivity index (χ2v) is 8.57. The van der Waals surface area contributed by atoms with Crippen molar-refractivity contribution in [3.05, 3.63) is 94.0 Å². The number of fused-ring (bicyclic) bond motifs is 1. The molecule has 6 heteroatoms. The minimum Gasteiger partial charge on any atom is -0.256 e. The molecule has 0 aliphatic carbocycles. The van der Waals surface area contributed by atoms with Crippen molar-refractivity contribution in [3.8, 4) is 34.2 Å². The van der Waals surface area contributed by atoms with Gasteiger partial charge in [0.25, 0.3) is 0 Å². The van der Waals surface area contributed by atoms with E-state index in [2.05, 4.69) is 42.9 Å². The second-order valence-electron chi connectivity index (χ2n) is 6.74. The van der Waals surface area contributed by atoms with E-state index in [9.17, 15) is 0 Å². The lowest BCUT2D eigenvalue weighted by Gasteiger charge is -2.09. The Balaban J connectivity index is 1.73. The highest BCUT2D eigenvalue weighted by molar-refractivity contribution is 9.11. The molecule has 2 heterocycles. The van der Waals surface area contributed by atoms with Gasteiger partial charge in [0, 0.05) is 37.2 Å². The van der Waals surface area contributed by atoms with E-state index in [1.54, 1.807) is 6.20 Å². The van der Waals surface area contributed by atoms with Crippen LogP contribution in [-0.2, 0) is 0 Å². The van der Waals surface area contributed by atoms with Gasteiger partial charge in [-0.2, -0.15) is 0 Å². The molecule has 0 unspecified atom stereocenters. The summed E-state index contributed by atoms with van der Waals surface area (Å²) in [5.41, 5.74) is 3.71. The molecule has 0 spiro atoms. The van der Waals surface area contributed by atoms with Gasteiger partial charge in [0.1, 0.15) is 0 Å². The molecule has 0 bridgehead atoms. The molecule has 4 nitrogen and oxygen atoms in total. The predicted octanol–water partition coefficient (Wildman–Crippen LogP) is 6.95. The molecule has 5 aromatic rings. The first-order valence-corrected chi connectivity index (χ1v) is 10.9. The van der Waals surface area contributed by atoms with E-state index in [0.717, 1.165) is 36.5 Å². The molecule has 0 fully saturated rings. The summed E-state index contributed by atoms with van der Waals surface area (Å²) in [4.78, 5) is 18.8. The maximum atomic E-state index is 4.80. The maximum Gasteiger partial charge on any atom is 0.164 e. The standard InChI is InChI=1S/C24H14Br2N4/c25-19-12-18(13-20(26)14-19)24-29-22(15-5-2-1-3-6-15)28-23(30-24)17-8-9-21-16(11-17)7-4-10-27-21/h1-14H. The first-order valence-electron chi connectivity index (χ1n) is 9.29. The monoisotopic (exact) mass is 516 g/mol. The molecule has 0 N–H and O–H groups in total. The first kappa shape index (κ1) is 19.0. The van der Waals surface area contributed by atoms with Crippen LogP contribution in [0.2, 0.25) is 0 Å². The van der Waals surface area contributed by atoms with Crippen LogP contribution in [0.4, 0.5) is 0 Å². The van der Waals surface area contributed by atoms with Crippen LogP contribution >= 0.6 is 31.9 Å². The van der Waals surface area contributed by atoms with Gasteiger partial charge in [-0.1, -0.05) is 68.3 Å². The number of hydrogen-bond acceptors (Lipinski definition) is 4. The Morgan fingerprint density at radius 3 is 1.93 bits per heavy atom. The predicted molar refractivity (Wildman–Crippen MR) is 127 cm³/mol. The molecular weight excluding hydrogens is 504 g/mol. The zero-order chi connectivity index (χ0) is 20.5. The lowest BCUT2D eigenvalue weighted by atomic mass is 10.1. The van der Waals surface area contributed by atoms with Gasteiger partial charge in [0.15, 0.2) is 17.5 Å². The molecule has 5 rings (SSSR count). The molecule has 0 aliphatic rings. The molecule has 2 aromatic heterocycles. The Bertz CT molecular complexity index is 1350. The summed E-state index contributed by atoms with van der Waals surface area (Å²) in [7, 11) is 0. The number of rotatable bonds is 3. The fourth-order valence-corrected chi connectivity index (χ4v) is 4.54. The lowest BCUT2D eigenvalue weighted by Crippen LogP contribution is -2.00. The number of nitrogens with zero attached hydrogens (tertiary/aromatic N) is 4. The van der Waals surface area contributed by atoms with Crippen molar-refractivity contribution in [2.75, 3.05) is 0 Å². The van der Waals surface area contributed by atoms with Gasteiger partial charge in [-0.25, -0.2) is 15.0 Å². The molecular formula is C24H14Br2N4. The van der Waals surface area contributed by atoms with Gasteiger partial charge in [-0.05, 0) is 42.5 Å². The van der Waals surface area contributed by atoms with Gasteiger partial charge < -0.3 is 0 Å². The van der Waals surface area contributed by atoms with Crippen LogP contribution < -0.4 is 0 Å². The highest BCUT2D eigenvalue weighted by Crippen LogP contribution is 2.29. The average Bonchev–Trinajstić information content (AvgIpc) is 2.78. The summed E-state index contributed by atoms with van der Waals surface area (Å²) in [6.45, 7) is 0. The minimum atomic E-state index is 0.618. The van der Waals surface area contributed by atoms with Crippen LogP contribution in [0, 0.1) is 0 Å². The van der Waals surface area contributed by atoms with Gasteiger partial charge in [0.05, 0.1) is 5.52 Å². The summed E-state index contributed by atoms with van der Waals surface area (Å²) >= 11 is 7.11. The quantitative estimate of drug-likeness (QED) is 0.260. The highest BCUT2D eigenvalue weighted by atomic mass is 79.9. The van der Waals surface area contributed by atoms with E-state index >= 15 is 0 Å². The molecule has 3 aromatic carbocycles. The summed E-state index contributed by atoms with van der Waals surface area (Å²) < 4.78 is 1.90. The third-order valence-corrected chi connectivity index (χ3v) is 5.57. The molecule has 30 heavy (non-hydrogen) atoms. The Hall–Kier alpha value is -2.96. The summed E-state index contributed by atoms with van der Waals surface area (Å²) in [6, 6.07) is 26.0. The van der Waals surface area contributed by atoms with Gasteiger partial charge in [-0.3, -0.25) is 4.98 Å². The highest BCUT2D eigenvalue weighted by Gasteiger charge is 2.13. The van der Waals surface area contributed by atoms with Gasteiger partial charge in [-0.15, -0.1) is 0 Å². The fourth-order valence-electron chi connectivity index (χ4n) is 3.25. The number of aromatic nitrogens is 4.